The number of carbonyl (C=O) groups excluding carboxylic acids is 3. The molecule has 1 aliphatic heterocycles. The van der Waals surface area contributed by atoms with Gasteiger partial charge in [0.1, 0.15) is 0 Å². The van der Waals surface area contributed by atoms with E-state index in [1.807, 2.05) is 32.9 Å². The van der Waals surface area contributed by atoms with Crippen LogP contribution < -0.4 is 5.32 Å². The van der Waals surface area contributed by atoms with Crippen molar-refractivity contribution in [3.8, 4) is 0 Å². The molecule has 0 unspecified atom stereocenters. The van der Waals surface area contributed by atoms with Crippen molar-refractivity contribution in [3.05, 3.63) is 29.8 Å². The van der Waals surface area contributed by atoms with Crippen LogP contribution in [0.4, 0.5) is 5.69 Å². The average molecular weight is 359 g/mol. The Bertz CT molecular complexity index is 662. The SMILES string of the molecule is CCc1ccc(NC(=O)C(=O)N2CCCN(C(=O)C(C)(C)C)CC2)cc1. The fourth-order valence-electron chi connectivity index (χ4n) is 2.95. The Morgan fingerprint density at radius 2 is 1.54 bits per heavy atom. The van der Waals surface area contributed by atoms with Gasteiger partial charge < -0.3 is 15.1 Å². The summed E-state index contributed by atoms with van der Waals surface area (Å²) in [6.07, 6.45) is 1.59. The number of aryl methyl sites for hydroxylation is 1. The quantitative estimate of drug-likeness (QED) is 0.824. The van der Waals surface area contributed by atoms with E-state index in [-0.39, 0.29) is 5.91 Å². The summed E-state index contributed by atoms with van der Waals surface area (Å²) in [6.45, 7) is 9.66. The van der Waals surface area contributed by atoms with Crippen LogP contribution in [0.15, 0.2) is 24.3 Å². The summed E-state index contributed by atoms with van der Waals surface area (Å²) in [4.78, 5) is 40.5. The minimum absolute atomic E-state index is 0.0762. The molecule has 142 valence electrons. The molecule has 0 atom stereocenters. The van der Waals surface area contributed by atoms with Gasteiger partial charge in [-0.2, -0.15) is 0 Å². The smallest absolute Gasteiger partial charge is 0.313 e. The Morgan fingerprint density at radius 3 is 2.12 bits per heavy atom. The first-order chi connectivity index (χ1) is 12.2. The number of carbonyl (C=O) groups is 3. The second-order valence-corrected chi connectivity index (χ2v) is 7.69. The second-order valence-electron chi connectivity index (χ2n) is 7.69. The zero-order valence-corrected chi connectivity index (χ0v) is 16.2. The van der Waals surface area contributed by atoms with Crippen LogP contribution in [-0.4, -0.2) is 53.7 Å². The zero-order valence-electron chi connectivity index (χ0n) is 16.2. The van der Waals surface area contributed by atoms with E-state index >= 15 is 0 Å². The molecule has 6 heteroatoms. The van der Waals surface area contributed by atoms with Gasteiger partial charge in [0.05, 0.1) is 0 Å². The standard InChI is InChI=1S/C20H29N3O3/c1-5-15-7-9-16(10-8-15)21-17(24)18(25)22-11-6-12-23(14-13-22)19(26)20(2,3)4/h7-10H,5-6,11-14H2,1-4H3,(H,21,24). The molecule has 1 aliphatic rings. The lowest BCUT2D eigenvalue weighted by Gasteiger charge is -2.28. The minimum atomic E-state index is -0.634. The molecule has 1 saturated heterocycles. The first-order valence-electron chi connectivity index (χ1n) is 9.21. The van der Waals surface area contributed by atoms with Crippen molar-refractivity contribution in [3.63, 3.8) is 0 Å². The Kier molecular flexibility index (Phi) is 6.40. The molecule has 0 aliphatic carbocycles. The van der Waals surface area contributed by atoms with Crippen molar-refractivity contribution >= 4 is 23.4 Å². The number of nitrogens with one attached hydrogen (secondary N) is 1. The molecule has 1 aromatic carbocycles. The van der Waals surface area contributed by atoms with E-state index in [2.05, 4.69) is 12.2 Å². The predicted molar refractivity (Wildman–Crippen MR) is 102 cm³/mol. The van der Waals surface area contributed by atoms with Crippen molar-refractivity contribution in [1.82, 2.24) is 9.80 Å². The van der Waals surface area contributed by atoms with E-state index < -0.39 is 17.2 Å². The number of anilines is 1. The Labute approximate surface area is 155 Å². The van der Waals surface area contributed by atoms with Crippen molar-refractivity contribution in [2.75, 3.05) is 31.5 Å². The van der Waals surface area contributed by atoms with Crippen LogP contribution in [0, 0.1) is 5.41 Å². The molecule has 1 fully saturated rings. The topological polar surface area (TPSA) is 69.7 Å². The van der Waals surface area contributed by atoms with E-state index in [4.69, 9.17) is 0 Å². The van der Waals surface area contributed by atoms with Crippen LogP contribution in [0.3, 0.4) is 0 Å². The summed E-state index contributed by atoms with van der Waals surface area (Å²) in [7, 11) is 0. The lowest BCUT2D eigenvalue weighted by atomic mass is 9.94. The first kappa shape index (κ1) is 19.9. The molecule has 2 rings (SSSR count). The number of benzene rings is 1. The Hall–Kier alpha value is -2.37. The number of hydrogen-bond donors (Lipinski definition) is 1. The molecular formula is C20H29N3O3. The van der Waals surface area contributed by atoms with Crippen LogP contribution in [-0.2, 0) is 20.8 Å². The molecule has 3 amide bonds. The van der Waals surface area contributed by atoms with Crippen LogP contribution in [0.2, 0.25) is 0 Å². The highest BCUT2D eigenvalue weighted by Gasteiger charge is 2.30. The van der Waals surface area contributed by atoms with Gasteiger partial charge in [-0.25, -0.2) is 0 Å². The van der Waals surface area contributed by atoms with Crippen molar-refractivity contribution in [2.24, 2.45) is 5.41 Å². The third-order valence-electron chi connectivity index (χ3n) is 4.53. The predicted octanol–water partition coefficient (Wildman–Crippen LogP) is 2.29. The summed E-state index contributed by atoms with van der Waals surface area (Å²) < 4.78 is 0. The molecule has 0 spiro atoms. The van der Waals surface area contributed by atoms with Gasteiger partial charge in [-0.1, -0.05) is 39.8 Å². The third-order valence-corrected chi connectivity index (χ3v) is 4.53. The van der Waals surface area contributed by atoms with Gasteiger partial charge in [0, 0.05) is 37.3 Å². The largest absolute Gasteiger partial charge is 0.340 e. The molecule has 0 radical (unpaired) electrons. The van der Waals surface area contributed by atoms with Crippen LogP contribution in [0.5, 0.6) is 0 Å². The number of hydrogen-bond acceptors (Lipinski definition) is 3. The Morgan fingerprint density at radius 1 is 0.962 bits per heavy atom. The summed E-state index contributed by atoms with van der Waals surface area (Å²) in [5.41, 5.74) is 1.34. The van der Waals surface area contributed by atoms with Crippen molar-refractivity contribution in [2.45, 2.75) is 40.5 Å². The normalized spacial score (nSPS) is 15.4. The first-order valence-corrected chi connectivity index (χ1v) is 9.21. The fourth-order valence-corrected chi connectivity index (χ4v) is 2.95. The third kappa shape index (κ3) is 5.07. The highest BCUT2D eigenvalue weighted by atomic mass is 16.2. The summed E-state index contributed by atoms with van der Waals surface area (Å²) in [6, 6.07) is 7.47. The van der Waals surface area contributed by atoms with Crippen LogP contribution in [0.1, 0.15) is 39.7 Å². The molecule has 1 N–H and O–H groups in total. The van der Waals surface area contributed by atoms with Gasteiger partial charge in [-0.15, -0.1) is 0 Å². The molecule has 6 nitrogen and oxygen atoms in total. The van der Waals surface area contributed by atoms with Gasteiger partial charge >= 0.3 is 11.8 Å². The van der Waals surface area contributed by atoms with Gasteiger partial charge in [0.25, 0.3) is 0 Å². The lowest BCUT2D eigenvalue weighted by molar-refractivity contribution is -0.143. The van der Waals surface area contributed by atoms with E-state index in [1.165, 1.54) is 10.5 Å². The maximum atomic E-state index is 12.5. The molecule has 0 bridgehead atoms. The van der Waals surface area contributed by atoms with Gasteiger partial charge in [-0.05, 0) is 30.5 Å². The summed E-state index contributed by atoms with van der Waals surface area (Å²) in [5.74, 6) is -1.10. The van der Waals surface area contributed by atoms with Gasteiger partial charge in [-0.3, -0.25) is 14.4 Å². The van der Waals surface area contributed by atoms with E-state index in [9.17, 15) is 14.4 Å². The molecule has 26 heavy (non-hydrogen) atoms. The maximum absolute atomic E-state index is 12.5. The highest BCUT2D eigenvalue weighted by Crippen LogP contribution is 2.19. The van der Waals surface area contributed by atoms with E-state index in [0.29, 0.717) is 38.3 Å². The zero-order chi connectivity index (χ0) is 19.3. The van der Waals surface area contributed by atoms with Gasteiger partial charge in [0.2, 0.25) is 5.91 Å². The van der Waals surface area contributed by atoms with Crippen LogP contribution in [0.25, 0.3) is 0 Å². The molecule has 0 aromatic heterocycles. The monoisotopic (exact) mass is 359 g/mol. The fraction of sp³-hybridized carbons (Fsp3) is 0.550. The van der Waals surface area contributed by atoms with E-state index in [1.54, 1.807) is 17.0 Å². The molecule has 1 aromatic rings. The number of amides is 3. The highest BCUT2D eigenvalue weighted by molar-refractivity contribution is 6.39. The molecule has 1 heterocycles. The summed E-state index contributed by atoms with van der Waals surface area (Å²) >= 11 is 0. The van der Waals surface area contributed by atoms with E-state index in [0.717, 1.165) is 6.42 Å². The second kappa shape index (κ2) is 8.34. The lowest BCUT2D eigenvalue weighted by Crippen LogP contribution is -2.44. The molecular weight excluding hydrogens is 330 g/mol. The maximum Gasteiger partial charge on any atom is 0.313 e. The Balaban J connectivity index is 1.94. The van der Waals surface area contributed by atoms with Crippen LogP contribution >= 0.6 is 0 Å². The van der Waals surface area contributed by atoms with Crippen molar-refractivity contribution in [1.29, 1.82) is 0 Å². The van der Waals surface area contributed by atoms with Gasteiger partial charge in [0.15, 0.2) is 0 Å². The summed E-state index contributed by atoms with van der Waals surface area (Å²) in [5, 5.41) is 2.66. The number of nitrogens with zero attached hydrogens (tertiary/aromatic N) is 2. The molecule has 0 saturated carbocycles. The van der Waals surface area contributed by atoms with Crippen molar-refractivity contribution < 1.29 is 14.4 Å². The minimum Gasteiger partial charge on any atom is -0.340 e. The average Bonchev–Trinajstić information content (AvgIpc) is 2.86. The number of rotatable bonds is 2.